The number of amides is 1. The van der Waals surface area contributed by atoms with Crippen molar-refractivity contribution in [1.29, 1.82) is 0 Å². The molecule has 7 nitrogen and oxygen atoms in total. The van der Waals surface area contributed by atoms with Crippen molar-refractivity contribution >= 4 is 40.1 Å². The Morgan fingerprint density at radius 2 is 1.96 bits per heavy atom. The molecule has 9 heteroatoms. The monoisotopic (exact) mass is 394 g/mol. The molecule has 27 heavy (non-hydrogen) atoms. The van der Waals surface area contributed by atoms with Crippen LogP contribution < -0.4 is 14.8 Å². The van der Waals surface area contributed by atoms with E-state index in [2.05, 4.69) is 20.3 Å². The number of methoxy groups -OCH3 is 1. The van der Waals surface area contributed by atoms with Crippen molar-refractivity contribution in [3.63, 3.8) is 0 Å². The molecule has 0 saturated carbocycles. The normalized spacial score (nSPS) is 12.8. The van der Waals surface area contributed by atoms with Gasteiger partial charge in [-0.05, 0) is 33.8 Å². The number of carbonyl (C=O) groups is 1. The third-order valence-corrected chi connectivity index (χ3v) is 3.57. The number of aromatic nitrogens is 2. The highest BCUT2D eigenvalue weighted by Gasteiger charge is 2.15. The second-order valence-corrected chi connectivity index (χ2v) is 6.52. The summed E-state index contributed by atoms with van der Waals surface area (Å²) < 4.78 is 24.6. The Labute approximate surface area is 161 Å². The van der Waals surface area contributed by atoms with Gasteiger partial charge in [0.2, 0.25) is 0 Å². The molecule has 0 bridgehead atoms. The van der Waals surface area contributed by atoms with E-state index in [1.54, 1.807) is 6.07 Å². The first kappa shape index (κ1) is 20.6. The summed E-state index contributed by atoms with van der Waals surface area (Å²) in [5.41, 5.74) is 0.565. The highest BCUT2D eigenvalue weighted by Crippen LogP contribution is 2.35. The van der Waals surface area contributed by atoms with Crippen LogP contribution in [0.15, 0.2) is 34.3 Å². The lowest BCUT2D eigenvalue weighted by atomic mass is 10.2. The minimum absolute atomic E-state index is 0.00865. The molecule has 1 heterocycles. The number of rotatable bonds is 5. The molecule has 0 radical (unpaired) electrons. The van der Waals surface area contributed by atoms with E-state index in [-0.39, 0.29) is 28.4 Å². The number of hydrogen-bond donors (Lipinski definition) is 1. The Morgan fingerprint density at radius 3 is 2.56 bits per heavy atom. The number of ether oxygens (including phenoxy) is 2. The molecule has 0 saturated heterocycles. The lowest BCUT2D eigenvalue weighted by Gasteiger charge is -2.13. The van der Waals surface area contributed by atoms with Crippen molar-refractivity contribution in [2.45, 2.75) is 33.7 Å². The predicted molar refractivity (Wildman–Crippen MR) is 103 cm³/mol. The van der Waals surface area contributed by atoms with Crippen LogP contribution in [-0.2, 0) is 0 Å². The van der Waals surface area contributed by atoms with Gasteiger partial charge in [-0.1, -0.05) is 11.6 Å². The lowest BCUT2D eigenvalue weighted by Crippen LogP contribution is -2.32. The van der Waals surface area contributed by atoms with Gasteiger partial charge in [-0.25, -0.2) is 24.1 Å². The van der Waals surface area contributed by atoms with E-state index in [0.717, 1.165) is 0 Å². The van der Waals surface area contributed by atoms with Crippen LogP contribution in [0, 0.1) is 0 Å². The predicted octanol–water partition coefficient (Wildman–Crippen LogP) is 4.67. The molecule has 0 unspecified atom stereocenters. The molecular formula is C18H20ClFN4O3. The first-order valence-corrected chi connectivity index (χ1v) is 8.49. The molecule has 0 aliphatic carbocycles. The minimum atomic E-state index is -0.635. The van der Waals surface area contributed by atoms with Gasteiger partial charge < -0.3 is 14.8 Å². The Hall–Kier alpha value is -2.74. The van der Waals surface area contributed by atoms with Crippen LogP contribution in [0.1, 0.15) is 27.7 Å². The average Bonchev–Trinajstić information content (AvgIpc) is 2.60. The standard InChI is InChI=1S/C18H20ClFN4O3/c1-9(2)23-18(25)27-15-6-12-13(7-14(15)26-5)21-8-22-17(12)24-11(4)16(20)10(3)19/h6-9H,1-5H3,(H,23,25)/b16-10-,24-11?. The van der Waals surface area contributed by atoms with E-state index in [9.17, 15) is 9.18 Å². The van der Waals surface area contributed by atoms with Crippen LogP contribution in [0.25, 0.3) is 10.9 Å². The average molecular weight is 395 g/mol. The maximum Gasteiger partial charge on any atom is 0.412 e. The molecule has 1 N–H and O–H groups in total. The summed E-state index contributed by atoms with van der Waals surface area (Å²) in [5.74, 6) is 0.0538. The van der Waals surface area contributed by atoms with Crippen molar-refractivity contribution in [1.82, 2.24) is 15.3 Å². The fourth-order valence-electron chi connectivity index (χ4n) is 2.20. The number of aliphatic imine (C=N–C) groups is 1. The van der Waals surface area contributed by atoms with Gasteiger partial charge in [0.15, 0.2) is 23.1 Å². The fourth-order valence-corrected chi connectivity index (χ4v) is 2.34. The van der Waals surface area contributed by atoms with Crippen molar-refractivity contribution in [2.75, 3.05) is 7.11 Å². The molecule has 0 fully saturated rings. The van der Waals surface area contributed by atoms with Crippen LogP contribution >= 0.6 is 11.6 Å². The zero-order valence-corrected chi connectivity index (χ0v) is 16.4. The third-order valence-electron chi connectivity index (χ3n) is 3.40. The molecule has 144 valence electrons. The number of nitrogens with zero attached hydrogens (tertiary/aromatic N) is 3. The third kappa shape index (κ3) is 5.13. The van der Waals surface area contributed by atoms with Gasteiger partial charge in [0.05, 0.1) is 23.4 Å². The second kappa shape index (κ2) is 8.77. The Kier molecular flexibility index (Phi) is 6.68. The summed E-state index contributed by atoms with van der Waals surface area (Å²) in [5, 5.41) is 3.07. The Bertz CT molecular complexity index is 924. The molecule has 0 aliphatic rings. The van der Waals surface area contributed by atoms with Gasteiger partial charge in [-0.15, -0.1) is 0 Å². The van der Waals surface area contributed by atoms with Crippen LogP contribution in [0.4, 0.5) is 15.0 Å². The quantitative estimate of drug-likeness (QED) is 0.745. The number of fused-ring (bicyclic) bond motifs is 1. The highest BCUT2D eigenvalue weighted by molar-refractivity contribution is 6.31. The van der Waals surface area contributed by atoms with Crippen LogP contribution in [-0.4, -0.2) is 34.9 Å². The van der Waals surface area contributed by atoms with Crippen molar-refractivity contribution < 1.29 is 18.7 Å². The summed E-state index contributed by atoms with van der Waals surface area (Å²) >= 11 is 5.68. The number of allylic oxidation sites excluding steroid dienone is 2. The Morgan fingerprint density at radius 1 is 1.26 bits per heavy atom. The maximum atomic E-state index is 14.0. The van der Waals surface area contributed by atoms with E-state index in [4.69, 9.17) is 21.1 Å². The summed E-state index contributed by atoms with van der Waals surface area (Å²) in [6.45, 7) is 6.52. The molecule has 0 aliphatic heterocycles. The van der Waals surface area contributed by atoms with Crippen LogP contribution in [0.3, 0.4) is 0 Å². The molecule has 2 aromatic rings. The topological polar surface area (TPSA) is 85.7 Å². The molecule has 0 spiro atoms. The molecule has 0 atom stereocenters. The molecular weight excluding hydrogens is 375 g/mol. The summed E-state index contributed by atoms with van der Waals surface area (Å²) in [6.07, 6.45) is 0.669. The van der Waals surface area contributed by atoms with E-state index in [1.165, 1.54) is 33.4 Å². The van der Waals surface area contributed by atoms with Crippen LogP contribution in [0.5, 0.6) is 11.5 Å². The Balaban J connectivity index is 2.55. The highest BCUT2D eigenvalue weighted by atomic mass is 35.5. The largest absolute Gasteiger partial charge is 0.493 e. The van der Waals surface area contributed by atoms with Gasteiger partial charge in [-0.2, -0.15) is 0 Å². The van der Waals surface area contributed by atoms with Crippen LogP contribution in [0.2, 0.25) is 0 Å². The summed E-state index contributed by atoms with van der Waals surface area (Å²) in [6, 6.07) is 3.01. The first-order chi connectivity index (χ1) is 12.7. The zero-order valence-electron chi connectivity index (χ0n) is 15.6. The lowest BCUT2D eigenvalue weighted by molar-refractivity contribution is 0.195. The van der Waals surface area contributed by atoms with E-state index < -0.39 is 11.9 Å². The SMILES string of the molecule is COc1cc2ncnc(N=C(C)/C(F)=C(\C)Cl)c2cc1OC(=O)NC(C)C. The molecule has 1 aromatic heterocycles. The van der Waals surface area contributed by atoms with Crippen molar-refractivity contribution in [2.24, 2.45) is 4.99 Å². The second-order valence-electron chi connectivity index (χ2n) is 5.95. The molecule has 1 amide bonds. The summed E-state index contributed by atoms with van der Waals surface area (Å²) in [7, 11) is 1.45. The van der Waals surface area contributed by atoms with E-state index >= 15 is 0 Å². The number of carbonyl (C=O) groups excluding carboxylic acids is 1. The van der Waals surface area contributed by atoms with Gasteiger partial charge in [0.1, 0.15) is 6.33 Å². The van der Waals surface area contributed by atoms with Crippen molar-refractivity contribution in [3.05, 3.63) is 29.3 Å². The first-order valence-electron chi connectivity index (χ1n) is 8.11. The minimum Gasteiger partial charge on any atom is -0.493 e. The van der Waals surface area contributed by atoms with E-state index in [0.29, 0.717) is 16.7 Å². The molecule has 2 rings (SSSR count). The number of hydrogen-bond acceptors (Lipinski definition) is 6. The zero-order chi connectivity index (χ0) is 20.1. The van der Waals surface area contributed by atoms with Crippen molar-refractivity contribution in [3.8, 4) is 11.5 Å². The number of benzene rings is 1. The summed E-state index contributed by atoms with van der Waals surface area (Å²) in [4.78, 5) is 24.4. The maximum absolute atomic E-state index is 14.0. The van der Waals surface area contributed by atoms with Gasteiger partial charge in [-0.3, -0.25) is 0 Å². The van der Waals surface area contributed by atoms with E-state index in [1.807, 2.05) is 13.8 Å². The van der Waals surface area contributed by atoms with Gasteiger partial charge in [0, 0.05) is 17.5 Å². The smallest absolute Gasteiger partial charge is 0.412 e. The number of halogens is 2. The fraction of sp³-hybridized carbons (Fsp3) is 0.333. The van der Waals surface area contributed by atoms with Gasteiger partial charge >= 0.3 is 6.09 Å². The molecule has 1 aromatic carbocycles. The van der Waals surface area contributed by atoms with Gasteiger partial charge in [0.25, 0.3) is 0 Å². The number of nitrogens with one attached hydrogen (secondary N) is 1.